The van der Waals surface area contributed by atoms with E-state index in [0.717, 1.165) is 71.5 Å². The topological polar surface area (TPSA) is 92.3 Å². The number of hydrogen-bond acceptors (Lipinski definition) is 6. The average molecular weight is 650 g/mol. The predicted octanol–water partition coefficient (Wildman–Crippen LogP) is 6.75. The monoisotopic (exact) mass is 649 g/mol. The summed E-state index contributed by atoms with van der Waals surface area (Å²) in [6.07, 6.45) is 1.57. The zero-order chi connectivity index (χ0) is 33.3. The van der Waals surface area contributed by atoms with Gasteiger partial charge in [0.25, 0.3) is 0 Å². The number of amides is 2. The fraction of sp³-hybridized carbons (Fsp3) is 0.375. The summed E-state index contributed by atoms with van der Waals surface area (Å²) in [6.45, 7) is 5.69. The fourth-order valence-electron chi connectivity index (χ4n) is 6.87. The van der Waals surface area contributed by atoms with Gasteiger partial charge in [-0.15, -0.1) is 0 Å². The Labute approximate surface area is 284 Å². The van der Waals surface area contributed by atoms with Crippen LogP contribution < -0.4 is 10.6 Å². The van der Waals surface area contributed by atoms with Crippen LogP contribution >= 0.6 is 0 Å². The van der Waals surface area contributed by atoms with Crippen LogP contribution in [0.4, 0.5) is 4.79 Å². The van der Waals surface area contributed by atoms with Crippen LogP contribution in [0, 0.1) is 5.92 Å². The normalized spacial score (nSPS) is 22.8. The molecule has 2 amide bonds. The second kappa shape index (κ2) is 16.4. The molecule has 3 N–H and O–H groups in total. The van der Waals surface area contributed by atoms with E-state index in [2.05, 4.69) is 64.9 Å². The van der Waals surface area contributed by atoms with Gasteiger partial charge in [-0.3, -0.25) is 4.90 Å². The van der Waals surface area contributed by atoms with Gasteiger partial charge in [0, 0.05) is 44.3 Å². The maximum Gasteiger partial charge on any atom is 0.315 e. The van der Waals surface area contributed by atoms with Crippen molar-refractivity contribution in [1.29, 1.82) is 0 Å². The summed E-state index contributed by atoms with van der Waals surface area (Å²) in [5.41, 5.74) is 7.11. The summed E-state index contributed by atoms with van der Waals surface area (Å²) < 4.78 is 19.0. The Kier molecular flexibility index (Phi) is 11.5. The Morgan fingerprint density at radius 1 is 0.854 bits per heavy atom. The quantitative estimate of drug-likeness (QED) is 0.157. The van der Waals surface area contributed by atoms with Gasteiger partial charge in [0.1, 0.15) is 0 Å². The third-order valence-corrected chi connectivity index (χ3v) is 9.64. The van der Waals surface area contributed by atoms with Crippen LogP contribution in [0.15, 0.2) is 103 Å². The predicted molar refractivity (Wildman–Crippen MR) is 187 cm³/mol. The van der Waals surface area contributed by atoms with Crippen LogP contribution in [0.5, 0.6) is 0 Å². The van der Waals surface area contributed by atoms with E-state index in [1.807, 2.05) is 60.7 Å². The van der Waals surface area contributed by atoms with Crippen molar-refractivity contribution in [2.75, 3.05) is 26.8 Å². The van der Waals surface area contributed by atoms with E-state index in [-0.39, 0.29) is 30.8 Å². The fourth-order valence-corrected chi connectivity index (χ4v) is 6.87. The highest BCUT2D eigenvalue weighted by Gasteiger charge is 2.40. The highest BCUT2D eigenvalue weighted by molar-refractivity contribution is 5.75. The molecule has 8 heteroatoms. The van der Waals surface area contributed by atoms with Crippen LogP contribution in [0.2, 0.25) is 0 Å². The van der Waals surface area contributed by atoms with Crippen LogP contribution in [0.25, 0.3) is 11.1 Å². The van der Waals surface area contributed by atoms with Gasteiger partial charge < -0.3 is 30.0 Å². The number of carbonyl (C=O) groups is 1. The highest BCUT2D eigenvalue weighted by atomic mass is 16.7. The molecule has 2 aliphatic rings. The van der Waals surface area contributed by atoms with Crippen molar-refractivity contribution in [3.05, 3.63) is 131 Å². The molecule has 2 aliphatic heterocycles. The molecule has 0 aromatic heterocycles. The summed E-state index contributed by atoms with van der Waals surface area (Å²) in [7, 11) is 1.77. The highest BCUT2D eigenvalue weighted by Crippen LogP contribution is 2.42. The largest absolute Gasteiger partial charge is 0.392 e. The van der Waals surface area contributed by atoms with E-state index in [1.165, 1.54) is 0 Å². The number of nitrogens with zero attached hydrogens (tertiary/aromatic N) is 1. The van der Waals surface area contributed by atoms with Crippen molar-refractivity contribution >= 4 is 6.03 Å². The van der Waals surface area contributed by atoms with Crippen molar-refractivity contribution in [2.24, 2.45) is 5.92 Å². The lowest BCUT2D eigenvalue weighted by Crippen LogP contribution is -2.46. The number of urea groups is 1. The number of carbonyl (C=O) groups excluding carboxylic acids is 1. The van der Waals surface area contributed by atoms with Gasteiger partial charge >= 0.3 is 6.03 Å². The number of benzene rings is 4. The summed E-state index contributed by atoms with van der Waals surface area (Å²) in [5.74, 6) is 0.119. The number of methoxy groups -OCH3 is 1. The second-order valence-corrected chi connectivity index (χ2v) is 12.9. The molecule has 2 saturated heterocycles. The molecule has 0 aliphatic carbocycles. The summed E-state index contributed by atoms with van der Waals surface area (Å²) in [5, 5.41) is 15.5. The zero-order valence-electron chi connectivity index (χ0n) is 27.9. The smallest absolute Gasteiger partial charge is 0.315 e. The standard InChI is InChI=1S/C40H47N3O5/c1-28-37(25-43-22-8-12-35(43)27-46-2)47-39(48-38(28)32-16-14-30(26-44)15-17-32)33-20-18-31(19-21-33)36-13-7-6-11-34(36)24-42-40(45)41-23-29-9-4-3-5-10-29/h3-7,9-11,13-21,28,35,37-39,44H,8,12,22-27H2,1-2H3,(H2,41,42,45)/t28-,35-,37+,38+,39+/m0/s1. The Morgan fingerprint density at radius 3 is 2.31 bits per heavy atom. The molecule has 4 aromatic rings. The molecule has 2 heterocycles. The summed E-state index contributed by atoms with van der Waals surface area (Å²) in [4.78, 5) is 15.1. The van der Waals surface area contributed by atoms with E-state index in [1.54, 1.807) is 7.11 Å². The lowest BCUT2D eigenvalue weighted by molar-refractivity contribution is -0.276. The number of aliphatic hydroxyl groups is 1. The SMILES string of the molecule is COC[C@@H]1CCCN1C[C@H]1O[C@@H](c2ccc(-c3ccccc3CNC(=O)NCc3ccccc3)cc2)O[C@@H](c2ccc(CO)cc2)[C@H]1C. The minimum Gasteiger partial charge on any atom is -0.392 e. The molecule has 0 bridgehead atoms. The van der Waals surface area contributed by atoms with E-state index >= 15 is 0 Å². The molecule has 48 heavy (non-hydrogen) atoms. The van der Waals surface area contributed by atoms with Crippen molar-refractivity contribution in [3.8, 4) is 11.1 Å². The minimum absolute atomic E-state index is 0.0125. The molecular formula is C40H47N3O5. The first-order valence-corrected chi connectivity index (χ1v) is 17.0. The number of nitrogens with one attached hydrogen (secondary N) is 2. The molecular weight excluding hydrogens is 602 g/mol. The van der Waals surface area contributed by atoms with Crippen molar-refractivity contribution in [3.63, 3.8) is 0 Å². The lowest BCUT2D eigenvalue weighted by atomic mass is 9.89. The lowest BCUT2D eigenvalue weighted by Gasteiger charge is -2.43. The number of likely N-dealkylation sites (tertiary alicyclic amines) is 1. The molecule has 0 radical (unpaired) electrons. The van der Waals surface area contributed by atoms with Gasteiger partial charge in [-0.1, -0.05) is 110 Å². The zero-order valence-corrected chi connectivity index (χ0v) is 27.9. The van der Waals surface area contributed by atoms with Gasteiger partial charge in [-0.2, -0.15) is 0 Å². The maximum atomic E-state index is 12.6. The van der Waals surface area contributed by atoms with Gasteiger partial charge in [0.15, 0.2) is 6.29 Å². The summed E-state index contributed by atoms with van der Waals surface area (Å²) in [6, 6.07) is 34.6. The number of hydrogen-bond donors (Lipinski definition) is 3. The Bertz CT molecular complexity index is 1600. The van der Waals surface area contributed by atoms with Crippen LogP contribution in [0.3, 0.4) is 0 Å². The first-order valence-electron chi connectivity index (χ1n) is 17.0. The second-order valence-electron chi connectivity index (χ2n) is 12.9. The van der Waals surface area contributed by atoms with Crippen LogP contribution in [-0.4, -0.2) is 55.0 Å². The third kappa shape index (κ3) is 8.32. The molecule has 2 fully saturated rings. The van der Waals surface area contributed by atoms with E-state index in [0.29, 0.717) is 19.1 Å². The first kappa shape index (κ1) is 33.8. The van der Waals surface area contributed by atoms with Crippen molar-refractivity contribution in [1.82, 2.24) is 15.5 Å². The van der Waals surface area contributed by atoms with Crippen LogP contribution in [-0.2, 0) is 33.9 Å². The number of aliphatic hydroxyl groups excluding tert-OH is 1. The molecule has 0 spiro atoms. The Morgan fingerprint density at radius 2 is 1.56 bits per heavy atom. The molecule has 0 saturated carbocycles. The number of rotatable bonds is 12. The molecule has 0 unspecified atom stereocenters. The van der Waals surface area contributed by atoms with Crippen molar-refractivity contribution in [2.45, 2.75) is 64.0 Å². The Balaban J connectivity index is 1.17. The van der Waals surface area contributed by atoms with Gasteiger partial charge in [-0.05, 0) is 52.8 Å². The average Bonchev–Trinajstić information content (AvgIpc) is 3.57. The minimum atomic E-state index is -0.531. The molecule has 8 nitrogen and oxygen atoms in total. The van der Waals surface area contributed by atoms with E-state index < -0.39 is 6.29 Å². The van der Waals surface area contributed by atoms with Crippen LogP contribution in [0.1, 0.15) is 60.0 Å². The summed E-state index contributed by atoms with van der Waals surface area (Å²) >= 11 is 0. The molecule has 4 aromatic carbocycles. The maximum absolute atomic E-state index is 12.6. The first-order chi connectivity index (χ1) is 23.5. The third-order valence-electron chi connectivity index (χ3n) is 9.64. The van der Waals surface area contributed by atoms with E-state index in [4.69, 9.17) is 14.2 Å². The van der Waals surface area contributed by atoms with Gasteiger partial charge in [0.05, 0.1) is 25.4 Å². The van der Waals surface area contributed by atoms with E-state index in [9.17, 15) is 9.90 Å². The Hall–Kier alpha value is -4.05. The number of ether oxygens (including phenoxy) is 3. The molecule has 5 atom stereocenters. The molecule has 6 rings (SSSR count). The van der Waals surface area contributed by atoms with Crippen molar-refractivity contribution < 1.29 is 24.1 Å². The molecule has 252 valence electrons. The van der Waals surface area contributed by atoms with Gasteiger partial charge in [-0.25, -0.2) is 4.79 Å². The van der Waals surface area contributed by atoms with Gasteiger partial charge in [0.2, 0.25) is 0 Å².